The van der Waals surface area contributed by atoms with Crippen LogP contribution in [0.4, 0.5) is 5.95 Å². The summed E-state index contributed by atoms with van der Waals surface area (Å²) in [5.74, 6) is 0.966. The number of amides is 1. The molecule has 3 rings (SSSR count). The summed E-state index contributed by atoms with van der Waals surface area (Å²) in [6.45, 7) is 11.4. The number of ether oxygens (including phenoxy) is 1. The maximum Gasteiger partial charge on any atom is 0.272 e. The molecule has 6 nitrogen and oxygen atoms in total. The average Bonchev–Trinajstić information content (AvgIpc) is 2.60. The molecular weight excluding hydrogens is 316 g/mol. The summed E-state index contributed by atoms with van der Waals surface area (Å²) in [6, 6.07) is 1.87. The smallest absolute Gasteiger partial charge is 0.272 e. The Morgan fingerprint density at radius 2 is 1.76 bits per heavy atom. The van der Waals surface area contributed by atoms with Gasteiger partial charge in [0.05, 0.1) is 12.2 Å². The molecule has 0 saturated carbocycles. The van der Waals surface area contributed by atoms with Gasteiger partial charge in [0.2, 0.25) is 5.95 Å². The van der Waals surface area contributed by atoms with E-state index >= 15 is 0 Å². The lowest BCUT2D eigenvalue weighted by Crippen LogP contribution is -2.48. The Hall–Kier alpha value is -1.69. The lowest BCUT2D eigenvalue weighted by molar-refractivity contribution is -0.0587. The molecule has 1 amide bonds. The van der Waals surface area contributed by atoms with Crippen LogP contribution >= 0.6 is 0 Å². The van der Waals surface area contributed by atoms with E-state index in [0.29, 0.717) is 24.7 Å². The minimum absolute atomic E-state index is 0.00967. The number of nitrogens with zero attached hydrogens (tertiary/aromatic N) is 4. The predicted octanol–water partition coefficient (Wildman–Crippen LogP) is 2.84. The summed E-state index contributed by atoms with van der Waals surface area (Å²) >= 11 is 0. The van der Waals surface area contributed by atoms with E-state index in [4.69, 9.17) is 9.72 Å². The van der Waals surface area contributed by atoms with Crippen LogP contribution in [0.5, 0.6) is 0 Å². The molecule has 2 saturated heterocycles. The van der Waals surface area contributed by atoms with Gasteiger partial charge in [-0.1, -0.05) is 13.8 Å². The Morgan fingerprint density at radius 3 is 2.36 bits per heavy atom. The molecule has 1 aromatic rings. The molecule has 1 aromatic heterocycles. The molecular formula is C19H30N4O2. The van der Waals surface area contributed by atoms with E-state index in [9.17, 15) is 4.79 Å². The number of piperidine rings is 1. The first kappa shape index (κ1) is 18.1. The molecule has 0 N–H and O–H groups in total. The monoisotopic (exact) mass is 346 g/mol. The second-order valence-electron chi connectivity index (χ2n) is 7.65. The van der Waals surface area contributed by atoms with Crippen molar-refractivity contribution >= 4 is 11.9 Å². The van der Waals surface area contributed by atoms with Crippen molar-refractivity contribution in [2.75, 3.05) is 31.1 Å². The zero-order valence-corrected chi connectivity index (χ0v) is 15.9. The van der Waals surface area contributed by atoms with Crippen molar-refractivity contribution in [3.63, 3.8) is 0 Å². The topological polar surface area (TPSA) is 58.6 Å². The van der Waals surface area contributed by atoms with Crippen molar-refractivity contribution in [3.05, 3.63) is 17.5 Å². The largest absolute Gasteiger partial charge is 0.372 e. The van der Waals surface area contributed by atoms with E-state index < -0.39 is 0 Å². The first-order valence-electron chi connectivity index (χ1n) is 9.52. The molecule has 0 unspecified atom stereocenters. The summed E-state index contributed by atoms with van der Waals surface area (Å²) in [6.07, 6.45) is 3.70. The van der Waals surface area contributed by atoms with Crippen molar-refractivity contribution < 1.29 is 9.53 Å². The zero-order chi connectivity index (χ0) is 18.0. The van der Waals surface area contributed by atoms with Crippen molar-refractivity contribution in [1.82, 2.24) is 14.9 Å². The molecule has 25 heavy (non-hydrogen) atoms. The Balaban J connectivity index is 1.88. The van der Waals surface area contributed by atoms with Crippen LogP contribution in [0.3, 0.4) is 0 Å². The van der Waals surface area contributed by atoms with Gasteiger partial charge in [0.1, 0.15) is 5.69 Å². The number of aromatic nitrogens is 2. The molecule has 2 aliphatic rings. The molecule has 2 fully saturated rings. The number of carbonyl (C=O) groups is 1. The summed E-state index contributed by atoms with van der Waals surface area (Å²) in [7, 11) is 0. The standard InChI is InChI=1S/C19H30N4O2/c1-13(2)16-10-17(18(24)23-11-14(3)25-15(4)12-23)21-19(20-16)22-8-6-5-7-9-22/h10,13-15H,5-9,11-12H2,1-4H3/t14-,15-/m0/s1. The maximum absolute atomic E-state index is 13.1. The zero-order valence-electron chi connectivity index (χ0n) is 15.9. The molecule has 138 valence electrons. The summed E-state index contributed by atoms with van der Waals surface area (Å²) in [5, 5.41) is 0. The van der Waals surface area contributed by atoms with Gasteiger partial charge >= 0.3 is 0 Å². The molecule has 0 aliphatic carbocycles. The van der Waals surface area contributed by atoms with Gasteiger partial charge in [0.15, 0.2) is 0 Å². The quantitative estimate of drug-likeness (QED) is 0.842. The fourth-order valence-corrected chi connectivity index (χ4v) is 3.60. The fraction of sp³-hybridized carbons (Fsp3) is 0.737. The van der Waals surface area contributed by atoms with Crippen LogP contribution in [0.2, 0.25) is 0 Å². The molecule has 0 radical (unpaired) electrons. The minimum atomic E-state index is -0.00967. The molecule has 0 spiro atoms. The highest BCUT2D eigenvalue weighted by atomic mass is 16.5. The van der Waals surface area contributed by atoms with Crippen LogP contribution in [-0.4, -0.2) is 59.2 Å². The van der Waals surface area contributed by atoms with Gasteiger partial charge in [-0.25, -0.2) is 9.97 Å². The van der Waals surface area contributed by atoms with E-state index in [1.807, 2.05) is 24.8 Å². The van der Waals surface area contributed by atoms with Gasteiger partial charge in [-0.15, -0.1) is 0 Å². The second kappa shape index (κ2) is 7.68. The Morgan fingerprint density at radius 1 is 1.12 bits per heavy atom. The summed E-state index contributed by atoms with van der Waals surface area (Å²) in [4.78, 5) is 26.5. The fourth-order valence-electron chi connectivity index (χ4n) is 3.60. The lowest BCUT2D eigenvalue weighted by Gasteiger charge is -2.35. The maximum atomic E-state index is 13.1. The predicted molar refractivity (Wildman–Crippen MR) is 98.1 cm³/mol. The first-order chi connectivity index (χ1) is 11.9. The van der Waals surface area contributed by atoms with Crippen molar-refractivity contribution in [3.8, 4) is 0 Å². The number of anilines is 1. The van der Waals surface area contributed by atoms with Crippen LogP contribution in [0, 0.1) is 0 Å². The van der Waals surface area contributed by atoms with E-state index in [-0.39, 0.29) is 24.0 Å². The third-order valence-corrected chi connectivity index (χ3v) is 4.89. The van der Waals surface area contributed by atoms with Crippen LogP contribution in [0.1, 0.15) is 69.1 Å². The van der Waals surface area contributed by atoms with Gasteiger partial charge in [0.25, 0.3) is 5.91 Å². The molecule has 2 atom stereocenters. The third-order valence-electron chi connectivity index (χ3n) is 4.89. The highest BCUT2D eigenvalue weighted by Gasteiger charge is 2.28. The number of morpholine rings is 1. The summed E-state index contributed by atoms with van der Waals surface area (Å²) < 4.78 is 5.75. The second-order valence-corrected chi connectivity index (χ2v) is 7.65. The Kier molecular flexibility index (Phi) is 5.57. The van der Waals surface area contributed by atoms with Gasteiger partial charge in [0, 0.05) is 31.9 Å². The molecule has 6 heteroatoms. The normalized spacial score (nSPS) is 24.7. The van der Waals surface area contributed by atoms with E-state index in [2.05, 4.69) is 23.7 Å². The number of hydrogen-bond donors (Lipinski definition) is 0. The van der Waals surface area contributed by atoms with Crippen LogP contribution < -0.4 is 4.90 Å². The average molecular weight is 346 g/mol. The van der Waals surface area contributed by atoms with Crippen molar-refractivity contribution in [2.24, 2.45) is 0 Å². The first-order valence-corrected chi connectivity index (χ1v) is 9.52. The Labute approximate surface area is 150 Å². The van der Waals surface area contributed by atoms with E-state index in [1.165, 1.54) is 6.42 Å². The summed E-state index contributed by atoms with van der Waals surface area (Å²) in [5.41, 5.74) is 1.45. The van der Waals surface area contributed by atoms with E-state index in [0.717, 1.165) is 31.6 Å². The molecule has 0 aromatic carbocycles. The lowest BCUT2D eigenvalue weighted by atomic mass is 10.1. The number of carbonyl (C=O) groups excluding carboxylic acids is 1. The van der Waals surface area contributed by atoms with Crippen LogP contribution in [0.25, 0.3) is 0 Å². The van der Waals surface area contributed by atoms with Crippen LogP contribution in [-0.2, 0) is 4.74 Å². The van der Waals surface area contributed by atoms with Gasteiger partial charge in [-0.2, -0.15) is 0 Å². The SMILES string of the molecule is CC(C)c1cc(C(=O)N2C[C@H](C)O[C@@H](C)C2)nc(N2CCCCC2)n1. The van der Waals surface area contributed by atoms with E-state index in [1.54, 1.807) is 0 Å². The molecule has 0 bridgehead atoms. The van der Waals surface area contributed by atoms with Crippen molar-refractivity contribution in [2.45, 2.75) is 65.1 Å². The van der Waals surface area contributed by atoms with Gasteiger partial charge in [-0.05, 0) is 45.1 Å². The van der Waals surface area contributed by atoms with Crippen LogP contribution in [0.15, 0.2) is 6.07 Å². The molecule has 2 aliphatic heterocycles. The Bertz CT molecular complexity index is 603. The van der Waals surface area contributed by atoms with Gasteiger partial charge in [-0.3, -0.25) is 4.79 Å². The minimum Gasteiger partial charge on any atom is -0.372 e. The highest BCUT2D eigenvalue weighted by Crippen LogP contribution is 2.22. The van der Waals surface area contributed by atoms with Gasteiger partial charge < -0.3 is 14.5 Å². The van der Waals surface area contributed by atoms with Crippen molar-refractivity contribution in [1.29, 1.82) is 0 Å². The number of hydrogen-bond acceptors (Lipinski definition) is 5. The third kappa shape index (κ3) is 4.29. The molecule has 3 heterocycles. The number of rotatable bonds is 3. The highest BCUT2D eigenvalue weighted by molar-refractivity contribution is 5.92.